The molecule has 4 heterocycles. The number of aliphatic hydroxyl groups is 1. The second-order valence-electron chi connectivity index (χ2n) is 9.83. The van der Waals surface area contributed by atoms with Crippen LogP contribution in [-0.2, 0) is 16.9 Å². The number of rotatable bonds is 4. The lowest BCUT2D eigenvalue weighted by Gasteiger charge is -2.31. The number of hydrogen-bond acceptors (Lipinski definition) is 6. The summed E-state index contributed by atoms with van der Waals surface area (Å²) in [7, 11) is 0. The lowest BCUT2D eigenvalue weighted by molar-refractivity contribution is -0.117. The topological polar surface area (TPSA) is 119 Å². The number of hydrogen-bond donors (Lipinski definition) is 3. The first-order valence-corrected chi connectivity index (χ1v) is 12.0. The van der Waals surface area contributed by atoms with Gasteiger partial charge in [-0.3, -0.25) is 9.78 Å². The molecular weight excluding hydrogens is 464 g/mol. The SMILES string of the molecule is C=CC(=O)NC1Cn2c(c(-c3cnc4ccccc4c3)c3c(N)ncnc32)-c2cc(C(C)(C)O)ccc21. The van der Waals surface area contributed by atoms with Crippen molar-refractivity contribution in [1.82, 2.24) is 24.8 Å². The van der Waals surface area contributed by atoms with E-state index in [9.17, 15) is 9.90 Å². The zero-order valence-corrected chi connectivity index (χ0v) is 20.6. The minimum atomic E-state index is -1.06. The van der Waals surface area contributed by atoms with Crippen molar-refractivity contribution < 1.29 is 9.90 Å². The van der Waals surface area contributed by atoms with Crippen LogP contribution in [0.15, 0.2) is 73.7 Å². The predicted molar refractivity (Wildman–Crippen MR) is 144 cm³/mol. The number of nitrogen functional groups attached to an aromatic ring is 1. The summed E-state index contributed by atoms with van der Waals surface area (Å²) >= 11 is 0. The van der Waals surface area contributed by atoms with E-state index in [2.05, 4.69) is 32.5 Å². The number of fused-ring (bicyclic) bond motifs is 6. The Morgan fingerprint density at radius 2 is 2.00 bits per heavy atom. The van der Waals surface area contributed by atoms with Crippen LogP contribution in [0.5, 0.6) is 0 Å². The Kier molecular flexibility index (Phi) is 5.10. The molecule has 3 aromatic heterocycles. The Morgan fingerprint density at radius 1 is 1.19 bits per heavy atom. The third-order valence-electron chi connectivity index (χ3n) is 7.01. The molecule has 8 nitrogen and oxygen atoms in total. The number of anilines is 1. The van der Waals surface area contributed by atoms with Gasteiger partial charge >= 0.3 is 0 Å². The molecule has 1 aliphatic heterocycles. The van der Waals surface area contributed by atoms with Crippen LogP contribution in [0.25, 0.3) is 44.3 Å². The molecule has 0 aliphatic carbocycles. The van der Waals surface area contributed by atoms with E-state index < -0.39 is 5.60 Å². The molecule has 2 aromatic carbocycles. The van der Waals surface area contributed by atoms with Crippen molar-refractivity contribution in [2.45, 2.75) is 32.0 Å². The zero-order chi connectivity index (χ0) is 25.9. The van der Waals surface area contributed by atoms with Gasteiger partial charge in [0.2, 0.25) is 5.91 Å². The lowest BCUT2D eigenvalue weighted by Crippen LogP contribution is -2.33. The normalized spacial score (nSPS) is 14.8. The van der Waals surface area contributed by atoms with Crippen LogP contribution in [0.1, 0.15) is 31.0 Å². The van der Waals surface area contributed by atoms with Gasteiger partial charge in [-0.2, -0.15) is 0 Å². The molecule has 4 N–H and O–H groups in total. The van der Waals surface area contributed by atoms with Crippen molar-refractivity contribution >= 4 is 33.7 Å². The van der Waals surface area contributed by atoms with E-state index in [0.717, 1.165) is 49.8 Å². The molecule has 37 heavy (non-hydrogen) atoms. The maximum atomic E-state index is 12.4. The average Bonchev–Trinajstić information content (AvgIpc) is 3.23. The van der Waals surface area contributed by atoms with Crippen LogP contribution in [-0.4, -0.2) is 30.5 Å². The van der Waals surface area contributed by atoms with Gasteiger partial charge in [0.05, 0.1) is 28.2 Å². The molecule has 5 aromatic rings. The zero-order valence-electron chi connectivity index (χ0n) is 20.6. The van der Waals surface area contributed by atoms with Gasteiger partial charge in [-0.05, 0) is 49.2 Å². The molecule has 1 amide bonds. The summed E-state index contributed by atoms with van der Waals surface area (Å²) in [5.74, 6) is 0.0949. The number of nitrogens with one attached hydrogen (secondary N) is 1. The van der Waals surface area contributed by atoms with E-state index in [4.69, 9.17) is 10.7 Å². The molecule has 0 saturated heterocycles. The van der Waals surface area contributed by atoms with E-state index in [1.165, 1.54) is 12.4 Å². The van der Waals surface area contributed by atoms with E-state index in [0.29, 0.717) is 18.0 Å². The number of nitrogens with two attached hydrogens (primary N) is 1. The summed E-state index contributed by atoms with van der Waals surface area (Å²) in [4.78, 5) is 26.0. The number of para-hydroxylation sites is 1. The maximum absolute atomic E-state index is 12.4. The Hall–Kier alpha value is -4.56. The van der Waals surface area contributed by atoms with Gasteiger partial charge in [-0.15, -0.1) is 0 Å². The molecule has 0 radical (unpaired) electrons. The van der Waals surface area contributed by atoms with Crippen molar-refractivity contribution in [3.05, 3.63) is 84.8 Å². The summed E-state index contributed by atoms with van der Waals surface area (Å²) in [5.41, 5.74) is 12.2. The summed E-state index contributed by atoms with van der Waals surface area (Å²) in [6.07, 6.45) is 4.56. The van der Waals surface area contributed by atoms with Crippen molar-refractivity contribution in [1.29, 1.82) is 0 Å². The fourth-order valence-corrected chi connectivity index (χ4v) is 5.22. The second kappa shape index (κ2) is 8.25. The molecule has 6 rings (SSSR count). The van der Waals surface area contributed by atoms with Gasteiger partial charge in [-0.25, -0.2) is 9.97 Å². The molecule has 184 valence electrons. The number of amides is 1. The standard InChI is InChI=1S/C29H26N6O2/c1-4-23(36)34-22-14-35-26(20-12-18(29(2,3)37)9-10-19(20)22)24(25-27(30)32-15-33-28(25)35)17-11-16-7-5-6-8-21(16)31-13-17/h4-13,15,22,37H,1,14H2,2-3H3,(H,34,36)(H2,30,32,33). The van der Waals surface area contributed by atoms with Crippen molar-refractivity contribution in [3.63, 3.8) is 0 Å². The molecule has 1 aliphatic rings. The van der Waals surface area contributed by atoms with Crippen LogP contribution in [0.2, 0.25) is 0 Å². The molecule has 0 saturated carbocycles. The van der Waals surface area contributed by atoms with E-state index in [1.54, 1.807) is 13.8 Å². The molecule has 8 heteroatoms. The van der Waals surface area contributed by atoms with E-state index in [1.807, 2.05) is 48.7 Å². The predicted octanol–water partition coefficient (Wildman–Crippen LogP) is 4.48. The summed E-state index contributed by atoms with van der Waals surface area (Å²) in [6, 6.07) is 15.5. The van der Waals surface area contributed by atoms with Crippen molar-refractivity contribution in [2.75, 3.05) is 5.73 Å². The third kappa shape index (κ3) is 3.65. The average molecular weight is 491 g/mol. The third-order valence-corrected chi connectivity index (χ3v) is 7.01. The first-order chi connectivity index (χ1) is 17.8. The van der Waals surface area contributed by atoms with E-state index >= 15 is 0 Å². The fourth-order valence-electron chi connectivity index (χ4n) is 5.22. The van der Waals surface area contributed by atoms with Gasteiger partial charge in [0.1, 0.15) is 17.8 Å². The van der Waals surface area contributed by atoms with Gasteiger partial charge < -0.3 is 20.7 Å². The van der Waals surface area contributed by atoms with E-state index in [-0.39, 0.29) is 11.9 Å². The van der Waals surface area contributed by atoms with Crippen LogP contribution in [0.4, 0.5) is 5.82 Å². The van der Waals surface area contributed by atoms with Crippen LogP contribution in [0, 0.1) is 0 Å². The van der Waals surface area contributed by atoms with Gasteiger partial charge in [0.15, 0.2) is 0 Å². The van der Waals surface area contributed by atoms with Crippen molar-refractivity contribution in [2.24, 2.45) is 0 Å². The minimum Gasteiger partial charge on any atom is -0.386 e. The van der Waals surface area contributed by atoms with Gasteiger partial charge in [0, 0.05) is 34.8 Å². The largest absolute Gasteiger partial charge is 0.386 e. The van der Waals surface area contributed by atoms with Gasteiger partial charge in [0.25, 0.3) is 0 Å². The van der Waals surface area contributed by atoms with Crippen LogP contribution >= 0.6 is 0 Å². The Bertz CT molecular complexity index is 1730. The number of nitrogens with zero attached hydrogens (tertiary/aromatic N) is 4. The highest BCUT2D eigenvalue weighted by molar-refractivity contribution is 6.09. The Labute approximate surface area is 213 Å². The lowest BCUT2D eigenvalue weighted by atomic mass is 9.86. The smallest absolute Gasteiger partial charge is 0.243 e. The monoisotopic (exact) mass is 490 g/mol. The second-order valence-corrected chi connectivity index (χ2v) is 9.83. The van der Waals surface area contributed by atoms with Crippen LogP contribution in [0.3, 0.4) is 0 Å². The van der Waals surface area contributed by atoms with Crippen molar-refractivity contribution in [3.8, 4) is 22.4 Å². The molecule has 0 spiro atoms. The quantitative estimate of drug-likeness (QED) is 0.320. The molecule has 0 bridgehead atoms. The summed E-state index contributed by atoms with van der Waals surface area (Å²) in [6.45, 7) is 7.55. The number of pyridine rings is 1. The van der Waals surface area contributed by atoms with Gasteiger partial charge in [-0.1, -0.05) is 36.9 Å². The Morgan fingerprint density at radius 3 is 2.78 bits per heavy atom. The molecular formula is C29H26N6O2. The molecule has 1 unspecified atom stereocenters. The minimum absolute atomic E-state index is 0.268. The first kappa shape index (κ1) is 22.9. The highest BCUT2D eigenvalue weighted by Gasteiger charge is 2.33. The molecule has 1 atom stereocenters. The number of carbonyl (C=O) groups excluding carboxylic acids is 1. The summed E-state index contributed by atoms with van der Waals surface area (Å²) in [5, 5.41) is 15.6. The van der Waals surface area contributed by atoms with Crippen LogP contribution < -0.4 is 11.1 Å². The number of carbonyl (C=O) groups is 1. The number of benzene rings is 2. The highest BCUT2D eigenvalue weighted by Crippen LogP contribution is 2.48. The number of aromatic nitrogens is 4. The maximum Gasteiger partial charge on any atom is 0.243 e. The Balaban J connectivity index is 1.71. The molecule has 0 fully saturated rings. The fraction of sp³-hybridized carbons (Fsp3) is 0.172. The highest BCUT2D eigenvalue weighted by atomic mass is 16.3. The first-order valence-electron chi connectivity index (χ1n) is 12.0. The summed E-state index contributed by atoms with van der Waals surface area (Å²) < 4.78 is 2.07.